The maximum atomic E-state index is 12.5. The lowest BCUT2D eigenvalue weighted by Gasteiger charge is -2.08. The quantitative estimate of drug-likeness (QED) is 0.456. The fraction of sp³-hybridized carbons (Fsp3) is 0.286. The van der Waals surface area contributed by atoms with E-state index in [1.54, 1.807) is 37.3 Å². The molecule has 0 spiro atoms. The highest BCUT2D eigenvalue weighted by Crippen LogP contribution is 2.26. The number of amides is 1. The van der Waals surface area contributed by atoms with E-state index >= 15 is 0 Å². The number of hydrogen-bond acceptors (Lipinski definition) is 8. The molecule has 0 radical (unpaired) electrons. The van der Waals surface area contributed by atoms with Gasteiger partial charge >= 0.3 is 5.97 Å². The third-order valence-electron chi connectivity index (χ3n) is 4.32. The van der Waals surface area contributed by atoms with Gasteiger partial charge in [0.1, 0.15) is 6.54 Å². The normalized spacial score (nSPS) is 12.0. The Bertz CT molecular complexity index is 1320. The number of nitrogens with zero attached hydrogens (tertiary/aromatic N) is 2. The summed E-state index contributed by atoms with van der Waals surface area (Å²) in [7, 11) is -1.93. The van der Waals surface area contributed by atoms with Crippen molar-refractivity contribution in [2.45, 2.75) is 18.4 Å². The monoisotopic (exact) mass is 478 g/mol. The highest BCUT2D eigenvalue weighted by molar-refractivity contribution is 7.90. The summed E-state index contributed by atoms with van der Waals surface area (Å²) in [5.74, 6) is -0.207. The number of carbonyl (C=O) groups excluding carboxylic acids is 2. The number of fused-ring (bicyclic) bond motifs is 1. The van der Waals surface area contributed by atoms with E-state index in [0.29, 0.717) is 21.7 Å². The molecule has 0 atom stereocenters. The van der Waals surface area contributed by atoms with Crippen molar-refractivity contribution in [2.24, 2.45) is 4.99 Å². The molecule has 3 rings (SSSR count). The molecule has 3 aromatic rings. The summed E-state index contributed by atoms with van der Waals surface area (Å²) in [6.07, 6.45) is 1.11. The highest BCUT2D eigenvalue weighted by Gasteiger charge is 2.15. The van der Waals surface area contributed by atoms with Crippen molar-refractivity contribution in [3.63, 3.8) is 0 Å². The number of aromatic nitrogens is 1. The summed E-state index contributed by atoms with van der Waals surface area (Å²) >= 11 is 1.09. The van der Waals surface area contributed by atoms with E-state index in [4.69, 9.17) is 14.2 Å². The summed E-state index contributed by atoms with van der Waals surface area (Å²) < 4.78 is 41.6. The van der Waals surface area contributed by atoms with Crippen molar-refractivity contribution in [2.75, 3.05) is 26.6 Å². The predicted octanol–water partition coefficient (Wildman–Crippen LogP) is 2.18. The van der Waals surface area contributed by atoms with E-state index in [-0.39, 0.29) is 29.5 Å². The van der Waals surface area contributed by atoms with Crippen LogP contribution in [0, 0.1) is 0 Å². The Labute approximate surface area is 188 Å². The zero-order chi connectivity index (χ0) is 23.3. The average Bonchev–Trinajstić information content (AvgIpc) is 3.08. The topological polar surface area (TPSA) is 113 Å². The lowest BCUT2D eigenvalue weighted by molar-refractivity contribution is -0.143. The van der Waals surface area contributed by atoms with Crippen molar-refractivity contribution in [1.82, 2.24) is 4.57 Å². The summed E-state index contributed by atoms with van der Waals surface area (Å²) in [5, 5.41) is 0. The number of rotatable bonds is 8. The molecule has 32 heavy (non-hydrogen) atoms. The van der Waals surface area contributed by atoms with Crippen LogP contribution in [0.5, 0.6) is 11.5 Å². The maximum absolute atomic E-state index is 12.5. The minimum absolute atomic E-state index is 0.131. The Balaban J connectivity index is 1.97. The van der Waals surface area contributed by atoms with Gasteiger partial charge in [-0.05, 0) is 37.3 Å². The third-order valence-corrected chi connectivity index (χ3v) is 6.47. The van der Waals surface area contributed by atoms with Crippen LogP contribution in [0.1, 0.15) is 6.92 Å². The second-order valence-electron chi connectivity index (χ2n) is 6.62. The number of hydrogen-bond donors (Lipinski definition) is 0. The molecule has 1 amide bonds. The van der Waals surface area contributed by atoms with Gasteiger partial charge in [-0.25, -0.2) is 8.42 Å². The van der Waals surface area contributed by atoms with Crippen molar-refractivity contribution in [3.05, 3.63) is 47.3 Å². The summed E-state index contributed by atoms with van der Waals surface area (Å²) in [5.41, 5.74) is 0.563. The summed E-state index contributed by atoms with van der Waals surface area (Å²) in [6.45, 7) is 1.38. The number of sulfone groups is 1. The molecule has 0 saturated heterocycles. The minimum atomic E-state index is -3.42. The van der Waals surface area contributed by atoms with Gasteiger partial charge in [0.05, 0.1) is 28.8 Å². The van der Waals surface area contributed by atoms with Crippen molar-refractivity contribution in [1.29, 1.82) is 0 Å². The van der Waals surface area contributed by atoms with Crippen LogP contribution in [-0.2, 0) is 30.7 Å². The van der Waals surface area contributed by atoms with Gasteiger partial charge in [-0.2, -0.15) is 4.99 Å². The molecule has 170 valence electrons. The second-order valence-corrected chi connectivity index (χ2v) is 9.65. The van der Waals surface area contributed by atoms with E-state index in [9.17, 15) is 18.0 Å². The van der Waals surface area contributed by atoms with Gasteiger partial charge in [-0.1, -0.05) is 23.5 Å². The minimum Gasteiger partial charge on any atom is -0.493 e. The van der Waals surface area contributed by atoms with Gasteiger partial charge in [-0.15, -0.1) is 0 Å². The maximum Gasteiger partial charge on any atom is 0.326 e. The number of benzene rings is 2. The van der Waals surface area contributed by atoms with Crippen LogP contribution in [0.4, 0.5) is 0 Å². The Kier molecular flexibility index (Phi) is 7.31. The van der Waals surface area contributed by atoms with Crippen LogP contribution in [-0.4, -0.2) is 51.4 Å². The van der Waals surface area contributed by atoms with Crippen LogP contribution in [0.15, 0.2) is 52.4 Å². The third kappa shape index (κ3) is 5.54. The molecule has 0 unspecified atom stereocenters. The van der Waals surface area contributed by atoms with Gasteiger partial charge < -0.3 is 18.8 Å². The van der Waals surface area contributed by atoms with E-state index in [0.717, 1.165) is 17.6 Å². The molecule has 0 bridgehead atoms. The van der Waals surface area contributed by atoms with E-state index in [1.165, 1.54) is 23.8 Å². The Morgan fingerprint density at radius 2 is 1.84 bits per heavy atom. The predicted molar refractivity (Wildman–Crippen MR) is 119 cm³/mol. The molecule has 0 aliphatic heterocycles. The number of para-hydroxylation sites is 2. The molecule has 0 fully saturated rings. The molecule has 0 N–H and O–H groups in total. The molecular weight excluding hydrogens is 456 g/mol. The SMILES string of the molecule is CCOC(=O)Cn1c(=NC(=O)COc2ccccc2OC)sc2cc(S(C)(=O)=O)ccc21. The van der Waals surface area contributed by atoms with Crippen molar-refractivity contribution in [3.8, 4) is 11.5 Å². The first kappa shape index (κ1) is 23.5. The molecule has 2 aromatic carbocycles. The number of esters is 1. The molecule has 9 nitrogen and oxygen atoms in total. The summed E-state index contributed by atoms with van der Waals surface area (Å²) in [6, 6.07) is 11.4. The number of carbonyl (C=O) groups is 2. The molecule has 0 saturated carbocycles. The van der Waals surface area contributed by atoms with Gasteiger partial charge in [-0.3, -0.25) is 9.59 Å². The van der Waals surface area contributed by atoms with Gasteiger partial charge in [0, 0.05) is 6.26 Å². The molecule has 0 aliphatic carbocycles. The smallest absolute Gasteiger partial charge is 0.326 e. The van der Waals surface area contributed by atoms with Crippen LogP contribution >= 0.6 is 11.3 Å². The zero-order valence-electron chi connectivity index (χ0n) is 17.7. The fourth-order valence-electron chi connectivity index (χ4n) is 2.87. The van der Waals surface area contributed by atoms with Crippen LogP contribution in [0.3, 0.4) is 0 Å². The second kappa shape index (κ2) is 9.96. The Morgan fingerprint density at radius 3 is 2.50 bits per heavy atom. The van der Waals surface area contributed by atoms with Gasteiger partial charge in [0.2, 0.25) is 0 Å². The van der Waals surface area contributed by atoms with Crippen LogP contribution in [0.2, 0.25) is 0 Å². The Morgan fingerprint density at radius 1 is 1.12 bits per heavy atom. The van der Waals surface area contributed by atoms with E-state index in [2.05, 4.69) is 4.99 Å². The molecule has 0 aliphatic rings. The van der Waals surface area contributed by atoms with E-state index in [1.807, 2.05) is 0 Å². The van der Waals surface area contributed by atoms with E-state index < -0.39 is 21.7 Å². The lowest BCUT2D eigenvalue weighted by atomic mass is 10.3. The molecule has 1 aromatic heterocycles. The first-order valence-corrected chi connectivity index (χ1v) is 12.3. The number of methoxy groups -OCH3 is 1. The first-order chi connectivity index (χ1) is 15.2. The first-order valence-electron chi connectivity index (χ1n) is 9.55. The lowest BCUT2D eigenvalue weighted by Crippen LogP contribution is -2.24. The summed E-state index contributed by atoms with van der Waals surface area (Å²) in [4.78, 5) is 29.1. The number of thiazole rings is 1. The molecular formula is C21H22N2O7S2. The van der Waals surface area contributed by atoms with Gasteiger partial charge in [0.15, 0.2) is 32.7 Å². The van der Waals surface area contributed by atoms with Crippen molar-refractivity contribution < 1.29 is 32.2 Å². The Hall–Kier alpha value is -3.18. The highest BCUT2D eigenvalue weighted by atomic mass is 32.2. The average molecular weight is 479 g/mol. The van der Waals surface area contributed by atoms with Crippen LogP contribution in [0.25, 0.3) is 10.2 Å². The zero-order valence-corrected chi connectivity index (χ0v) is 19.4. The number of ether oxygens (including phenoxy) is 3. The fourth-order valence-corrected chi connectivity index (χ4v) is 4.68. The molecule has 11 heteroatoms. The molecule has 1 heterocycles. The van der Waals surface area contributed by atoms with Crippen LogP contribution < -0.4 is 14.3 Å². The van der Waals surface area contributed by atoms with Gasteiger partial charge in [0.25, 0.3) is 5.91 Å². The van der Waals surface area contributed by atoms with Crippen molar-refractivity contribution >= 4 is 43.3 Å². The largest absolute Gasteiger partial charge is 0.493 e. The standard InChI is InChI=1S/C21H22N2O7S2/c1-4-29-20(25)12-23-15-10-9-14(32(3,26)27)11-18(15)31-21(23)22-19(24)13-30-17-8-6-5-7-16(17)28-2/h5-11H,4,12-13H2,1-3H3.